The van der Waals surface area contributed by atoms with Gasteiger partial charge in [0.2, 0.25) is 0 Å². The molecule has 2 N–H and O–H groups in total. The minimum absolute atomic E-state index is 0.504. The molecule has 1 rings (SSSR count). The summed E-state index contributed by atoms with van der Waals surface area (Å²) in [6.45, 7) is 6.23. The summed E-state index contributed by atoms with van der Waals surface area (Å²) in [6.07, 6.45) is 8.44. The van der Waals surface area contributed by atoms with Crippen LogP contribution < -0.4 is 10.6 Å². The van der Waals surface area contributed by atoms with E-state index in [9.17, 15) is 0 Å². The topological polar surface area (TPSA) is 49.3 Å². The van der Waals surface area contributed by atoms with Crippen LogP contribution in [0.5, 0.6) is 0 Å². The summed E-state index contributed by atoms with van der Waals surface area (Å²) < 4.78 is 0. The van der Waals surface area contributed by atoms with Crippen LogP contribution in [-0.2, 0) is 6.42 Å². The average Bonchev–Trinajstić information content (AvgIpc) is 2.81. The number of nitrogens with one attached hydrogen (secondary N) is 2. The van der Waals surface area contributed by atoms with Gasteiger partial charge in [-0.3, -0.25) is 4.99 Å². The maximum absolute atomic E-state index is 5.21. The zero-order valence-corrected chi connectivity index (χ0v) is 12.5. The highest BCUT2D eigenvalue weighted by Gasteiger charge is 1.98. The standard InChI is InChI=1S/C14H22N4S/c1-4-9-16-14(15-5-2)17-10-7-6-8-13-18-12(3)11-19-13/h1,11H,5-10H2,2-3H3,(H2,15,16,17). The third kappa shape index (κ3) is 6.82. The molecule has 4 nitrogen and oxygen atoms in total. The van der Waals surface area contributed by atoms with Crippen LogP contribution in [0.25, 0.3) is 0 Å². The molecule has 104 valence electrons. The smallest absolute Gasteiger partial charge is 0.192 e. The number of aryl methyl sites for hydroxylation is 2. The molecule has 0 saturated carbocycles. The predicted molar refractivity (Wildman–Crippen MR) is 82.6 cm³/mol. The zero-order chi connectivity index (χ0) is 13.9. The number of guanidine groups is 1. The molecule has 0 radical (unpaired) electrons. The Bertz CT molecular complexity index is 431. The van der Waals surface area contributed by atoms with Gasteiger partial charge in [-0.15, -0.1) is 17.8 Å². The largest absolute Gasteiger partial charge is 0.357 e. The maximum Gasteiger partial charge on any atom is 0.192 e. The number of rotatable bonds is 7. The van der Waals surface area contributed by atoms with E-state index in [0.717, 1.165) is 44.0 Å². The molecule has 0 fully saturated rings. The second-order valence-electron chi connectivity index (χ2n) is 4.16. The van der Waals surface area contributed by atoms with Gasteiger partial charge < -0.3 is 10.6 Å². The fourth-order valence-corrected chi connectivity index (χ4v) is 2.39. The summed E-state index contributed by atoms with van der Waals surface area (Å²) in [4.78, 5) is 8.92. The molecular weight excluding hydrogens is 256 g/mol. The van der Waals surface area contributed by atoms with Crippen molar-refractivity contribution >= 4 is 17.3 Å². The van der Waals surface area contributed by atoms with Crippen molar-refractivity contribution in [2.45, 2.75) is 33.1 Å². The third-order valence-corrected chi connectivity index (χ3v) is 3.46. The Hall–Kier alpha value is -1.54. The number of nitrogens with zero attached hydrogens (tertiary/aromatic N) is 2. The van der Waals surface area contributed by atoms with Crippen LogP contribution in [0.1, 0.15) is 30.5 Å². The van der Waals surface area contributed by atoms with Crippen molar-refractivity contribution in [3.63, 3.8) is 0 Å². The number of hydrogen-bond donors (Lipinski definition) is 2. The maximum atomic E-state index is 5.21. The molecule has 0 aliphatic carbocycles. The molecule has 0 aliphatic rings. The fourth-order valence-electron chi connectivity index (χ4n) is 1.57. The van der Waals surface area contributed by atoms with Gasteiger partial charge >= 0.3 is 0 Å². The van der Waals surface area contributed by atoms with E-state index in [4.69, 9.17) is 6.42 Å². The quantitative estimate of drug-likeness (QED) is 0.347. The molecule has 0 spiro atoms. The van der Waals surface area contributed by atoms with E-state index in [1.807, 2.05) is 13.8 Å². The Morgan fingerprint density at radius 3 is 2.95 bits per heavy atom. The molecule has 0 bridgehead atoms. The fraction of sp³-hybridized carbons (Fsp3) is 0.571. The van der Waals surface area contributed by atoms with Gasteiger partial charge in [0, 0.05) is 24.2 Å². The summed E-state index contributed by atoms with van der Waals surface area (Å²) in [5.41, 5.74) is 1.12. The number of hydrogen-bond acceptors (Lipinski definition) is 3. The highest BCUT2D eigenvalue weighted by atomic mass is 32.1. The molecule has 0 aliphatic heterocycles. The van der Waals surface area contributed by atoms with Crippen LogP contribution in [0.4, 0.5) is 0 Å². The summed E-state index contributed by atoms with van der Waals surface area (Å²) in [5.74, 6) is 3.34. The molecular formula is C14H22N4S. The lowest BCUT2D eigenvalue weighted by Gasteiger charge is -2.08. The lowest BCUT2D eigenvalue weighted by atomic mass is 10.2. The van der Waals surface area contributed by atoms with E-state index in [2.05, 4.69) is 31.9 Å². The van der Waals surface area contributed by atoms with Crippen LogP contribution in [0.15, 0.2) is 10.4 Å². The molecule has 1 aromatic rings. The van der Waals surface area contributed by atoms with Crippen LogP contribution in [0.3, 0.4) is 0 Å². The van der Waals surface area contributed by atoms with Crippen molar-refractivity contribution in [1.29, 1.82) is 0 Å². The lowest BCUT2D eigenvalue weighted by Crippen LogP contribution is -2.37. The molecule has 1 heterocycles. The van der Waals surface area contributed by atoms with Gasteiger partial charge in [0.25, 0.3) is 0 Å². The van der Waals surface area contributed by atoms with E-state index in [1.54, 1.807) is 11.3 Å². The van der Waals surface area contributed by atoms with Crippen LogP contribution in [0.2, 0.25) is 0 Å². The molecule has 0 unspecified atom stereocenters. The molecule has 19 heavy (non-hydrogen) atoms. The Morgan fingerprint density at radius 2 is 2.32 bits per heavy atom. The predicted octanol–water partition coefficient (Wildman–Crippen LogP) is 1.96. The van der Waals surface area contributed by atoms with Gasteiger partial charge in [-0.05, 0) is 33.1 Å². The number of unbranched alkanes of at least 4 members (excludes halogenated alkanes) is 1. The minimum Gasteiger partial charge on any atom is -0.357 e. The first-order valence-electron chi connectivity index (χ1n) is 6.63. The van der Waals surface area contributed by atoms with E-state index in [1.165, 1.54) is 5.01 Å². The van der Waals surface area contributed by atoms with Crippen molar-refractivity contribution < 1.29 is 0 Å². The minimum atomic E-state index is 0.504. The van der Waals surface area contributed by atoms with Crippen molar-refractivity contribution in [2.75, 3.05) is 19.6 Å². The Morgan fingerprint density at radius 1 is 1.47 bits per heavy atom. The van der Waals surface area contributed by atoms with Crippen molar-refractivity contribution in [3.8, 4) is 12.3 Å². The molecule has 1 aromatic heterocycles. The molecule has 0 amide bonds. The van der Waals surface area contributed by atoms with Crippen molar-refractivity contribution in [1.82, 2.24) is 15.6 Å². The summed E-state index contributed by atoms with van der Waals surface area (Å²) in [6, 6.07) is 0. The second kappa shape index (κ2) is 9.40. The summed E-state index contributed by atoms with van der Waals surface area (Å²) >= 11 is 1.74. The van der Waals surface area contributed by atoms with Crippen LogP contribution in [-0.4, -0.2) is 30.6 Å². The van der Waals surface area contributed by atoms with Crippen LogP contribution in [0, 0.1) is 19.3 Å². The van der Waals surface area contributed by atoms with Gasteiger partial charge in [-0.25, -0.2) is 4.98 Å². The van der Waals surface area contributed by atoms with Gasteiger partial charge in [0.05, 0.1) is 11.6 Å². The number of terminal acetylenes is 1. The van der Waals surface area contributed by atoms with E-state index < -0.39 is 0 Å². The van der Waals surface area contributed by atoms with Crippen molar-refractivity contribution in [2.24, 2.45) is 4.99 Å². The number of thiazole rings is 1. The zero-order valence-electron chi connectivity index (χ0n) is 11.7. The molecule has 0 saturated heterocycles. The third-order valence-electron chi connectivity index (χ3n) is 2.44. The monoisotopic (exact) mass is 278 g/mol. The van der Waals surface area contributed by atoms with E-state index >= 15 is 0 Å². The van der Waals surface area contributed by atoms with Gasteiger partial charge in [0.15, 0.2) is 5.96 Å². The molecule has 5 heteroatoms. The Kier molecular flexibility index (Phi) is 7.68. The summed E-state index contributed by atoms with van der Waals surface area (Å²) in [5, 5.41) is 9.56. The van der Waals surface area contributed by atoms with Gasteiger partial charge in [-0.2, -0.15) is 0 Å². The first-order valence-corrected chi connectivity index (χ1v) is 7.51. The van der Waals surface area contributed by atoms with Gasteiger partial charge in [-0.1, -0.05) is 5.92 Å². The first-order chi connectivity index (χ1) is 9.26. The number of aromatic nitrogens is 1. The van der Waals surface area contributed by atoms with Crippen LogP contribution >= 0.6 is 11.3 Å². The Balaban J connectivity index is 2.21. The molecule has 0 atom stereocenters. The SMILES string of the molecule is C#CCNC(=NCCCCc1nc(C)cs1)NCC. The molecule has 0 aromatic carbocycles. The first kappa shape index (κ1) is 15.5. The summed E-state index contributed by atoms with van der Waals surface area (Å²) in [7, 11) is 0. The average molecular weight is 278 g/mol. The van der Waals surface area contributed by atoms with Gasteiger partial charge in [0.1, 0.15) is 0 Å². The normalized spacial score (nSPS) is 11.1. The number of aliphatic imine (C=N–C) groups is 1. The highest BCUT2D eigenvalue weighted by molar-refractivity contribution is 7.09. The lowest BCUT2D eigenvalue weighted by molar-refractivity contribution is 0.732. The van der Waals surface area contributed by atoms with Crippen molar-refractivity contribution in [3.05, 3.63) is 16.1 Å². The van der Waals surface area contributed by atoms with E-state index in [0.29, 0.717) is 6.54 Å². The van der Waals surface area contributed by atoms with E-state index in [-0.39, 0.29) is 0 Å². The Labute approximate surface area is 119 Å². The second-order valence-corrected chi connectivity index (χ2v) is 5.10. The highest BCUT2D eigenvalue weighted by Crippen LogP contribution is 2.11.